The molecule has 0 aliphatic carbocycles. The summed E-state index contributed by atoms with van der Waals surface area (Å²) in [7, 11) is 0. The number of hydrogen-bond donors (Lipinski definition) is 2. The molecule has 1 aliphatic rings. The van der Waals surface area contributed by atoms with Crippen molar-refractivity contribution >= 4 is 16.7 Å². The van der Waals surface area contributed by atoms with E-state index in [4.69, 9.17) is 5.73 Å². The molecule has 1 aromatic carbocycles. The summed E-state index contributed by atoms with van der Waals surface area (Å²) in [5, 5.41) is 1.24. The van der Waals surface area contributed by atoms with Gasteiger partial charge in [-0.1, -0.05) is 18.2 Å². The molecule has 20 heavy (non-hydrogen) atoms. The van der Waals surface area contributed by atoms with Crippen molar-refractivity contribution in [3.63, 3.8) is 0 Å². The Balaban J connectivity index is 2.04. The molecule has 1 saturated heterocycles. The van der Waals surface area contributed by atoms with E-state index in [-0.39, 0.29) is 17.5 Å². The molecule has 0 radical (unpaired) electrons. The zero-order valence-corrected chi connectivity index (χ0v) is 11.1. The van der Waals surface area contributed by atoms with Crippen molar-refractivity contribution < 1.29 is 4.79 Å². The number of H-pyrrole nitrogens is 1. The second-order valence-corrected chi connectivity index (χ2v) is 5.23. The topological polar surface area (TPSA) is 79.2 Å². The summed E-state index contributed by atoms with van der Waals surface area (Å²) in [6, 6.07) is 7.21. The molecule has 1 aromatic heterocycles. The van der Waals surface area contributed by atoms with Gasteiger partial charge in [0.05, 0.1) is 5.56 Å². The van der Waals surface area contributed by atoms with Crippen LogP contribution in [0, 0.1) is 0 Å². The average molecular weight is 271 g/mol. The van der Waals surface area contributed by atoms with Crippen molar-refractivity contribution in [2.75, 3.05) is 13.1 Å². The van der Waals surface area contributed by atoms with Gasteiger partial charge < -0.3 is 15.6 Å². The van der Waals surface area contributed by atoms with Gasteiger partial charge in [-0.3, -0.25) is 9.59 Å². The lowest BCUT2D eigenvalue weighted by atomic mass is 10.0. The number of fused-ring (bicyclic) bond motifs is 1. The number of nitrogens with zero attached hydrogens (tertiary/aromatic N) is 1. The number of carbonyl (C=O) groups is 1. The molecule has 104 valence electrons. The average Bonchev–Trinajstić information content (AvgIpc) is 2.47. The van der Waals surface area contributed by atoms with E-state index < -0.39 is 0 Å². The molecular formula is C15H17N3O2. The Morgan fingerprint density at radius 3 is 2.80 bits per heavy atom. The number of amides is 1. The molecule has 5 heteroatoms. The van der Waals surface area contributed by atoms with Crippen LogP contribution in [0.2, 0.25) is 0 Å². The number of aromatic nitrogens is 1. The third-order valence-corrected chi connectivity index (χ3v) is 3.78. The maximum Gasteiger partial charge on any atom is 0.256 e. The third-order valence-electron chi connectivity index (χ3n) is 3.78. The number of benzene rings is 1. The van der Waals surface area contributed by atoms with Crippen molar-refractivity contribution in [3.8, 4) is 0 Å². The summed E-state index contributed by atoms with van der Waals surface area (Å²) < 4.78 is 0. The van der Waals surface area contributed by atoms with E-state index in [0.717, 1.165) is 19.4 Å². The molecule has 2 heterocycles. The lowest BCUT2D eigenvalue weighted by Gasteiger charge is -2.31. The number of hydrogen-bond acceptors (Lipinski definition) is 3. The fourth-order valence-electron chi connectivity index (χ4n) is 2.75. The highest BCUT2D eigenvalue weighted by Crippen LogP contribution is 2.18. The maximum absolute atomic E-state index is 12.6. The zero-order chi connectivity index (χ0) is 14.1. The smallest absolute Gasteiger partial charge is 0.256 e. The molecular weight excluding hydrogens is 254 g/mol. The molecule has 0 spiro atoms. The van der Waals surface area contributed by atoms with E-state index in [2.05, 4.69) is 4.98 Å². The minimum atomic E-state index is -0.174. The van der Waals surface area contributed by atoms with Crippen LogP contribution in [0.25, 0.3) is 10.8 Å². The first kappa shape index (κ1) is 12.9. The van der Waals surface area contributed by atoms with Gasteiger partial charge in [-0.25, -0.2) is 0 Å². The normalized spacial score (nSPS) is 19.2. The van der Waals surface area contributed by atoms with Crippen LogP contribution in [0.4, 0.5) is 0 Å². The first-order valence-electron chi connectivity index (χ1n) is 6.82. The number of likely N-dealkylation sites (tertiary alicyclic amines) is 1. The number of pyridine rings is 1. The minimum Gasteiger partial charge on any atom is -0.337 e. The van der Waals surface area contributed by atoms with Crippen LogP contribution in [0.5, 0.6) is 0 Å². The maximum atomic E-state index is 12.6. The lowest BCUT2D eigenvalue weighted by molar-refractivity contribution is 0.0710. The Bertz CT molecular complexity index is 708. The van der Waals surface area contributed by atoms with Crippen molar-refractivity contribution in [2.24, 2.45) is 5.73 Å². The Labute approximate surface area is 116 Å². The van der Waals surface area contributed by atoms with Gasteiger partial charge in [0.15, 0.2) is 0 Å². The second-order valence-electron chi connectivity index (χ2n) is 5.23. The van der Waals surface area contributed by atoms with E-state index in [0.29, 0.717) is 22.9 Å². The number of rotatable bonds is 1. The lowest BCUT2D eigenvalue weighted by Crippen LogP contribution is -2.45. The molecule has 1 aliphatic heterocycles. The third kappa shape index (κ3) is 2.20. The van der Waals surface area contributed by atoms with Gasteiger partial charge in [-0.15, -0.1) is 0 Å². The van der Waals surface area contributed by atoms with Crippen molar-refractivity contribution in [3.05, 3.63) is 46.4 Å². The first-order chi connectivity index (χ1) is 9.66. The van der Waals surface area contributed by atoms with Gasteiger partial charge in [-0.05, 0) is 18.9 Å². The molecule has 3 rings (SSSR count). The summed E-state index contributed by atoms with van der Waals surface area (Å²) >= 11 is 0. The molecule has 5 nitrogen and oxygen atoms in total. The Morgan fingerprint density at radius 2 is 2.05 bits per heavy atom. The van der Waals surface area contributed by atoms with Crippen LogP contribution in [0.15, 0.2) is 35.3 Å². The van der Waals surface area contributed by atoms with Crippen molar-refractivity contribution in [2.45, 2.75) is 18.9 Å². The summed E-state index contributed by atoms with van der Waals surface area (Å²) in [5.41, 5.74) is 6.29. The Kier molecular flexibility index (Phi) is 3.28. The van der Waals surface area contributed by atoms with Crippen LogP contribution in [0.3, 0.4) is 0 Å². The molecule has 0 unspecified atom stereocenters. The summed E-state index contributed by atoms with van der Waals surface area (Å²) in [6.07, 6.45) is 3.39. The van der Waals surface area contributed by atoms with Crippen LogP contribution < -0.4 is 11.3 Å². The van der Waals surface area contributed by atoms with Crippen LogP contribution in [-0.4, -0.2) is 34.9 Å². The second kappa shape index (κ2) is 5.09. The van der Waals surface area contributed by atoms with Gasteiger partial charge in [-0.2, -0.15) is 0 Å². The zero-order valence-electron chi connectivity index (χ0n) is 11.1. The van der Waals surface area contributed by atoms with Crippen LogP contribution >= 0.6 is 0 Å². The fraction of sp³-hybridized carbons (Fsp3) is 0.333. The highest BCUT2D eigenvalue weighted by Gasteiger charge is 2.23. The Hall–Kier alpha value is -2.14. The number of aromatic amines is 1. The molecule has 1 atom stereocenters. The molecule has 2 aromatic rings. The standard InChI is InChI=1S/C15H17N3O2/c16-10-4-3-7-18(9-10)15(20)13-8-17-14(19)12-6-2-1-5-11(12)13/h1-2,5-6,8,10H,3-4,7,9,16H2,(H,17,19)/t10-/m0/s1. The van der Waals surface area contributed by atoms with E-state index >= 15 is 0 Å². The van der Waals surface area contributed by atoms with Gasteiger partial charge in [0.1, 0.15) is 0 Å². The van der Waals surface area contributed by atoms with Gasteiger partial charge >= 0.3 is 0 Å². The Morgan fingerprint density at radius 1 is 1.30 bits per heavy atom. The summed E-state index contributed by atoms with van der Waals surface area (Å²) in [5.74, 6) is -0.0624. The largest absolute Gasteiger partial charge is 0.337 e. The van der Waals surface area contributed by atoms with Gasteiger partial charge in [0.25, 0.3) is 11.5 Å². The highest BCUT2D eigenvalue weighted by molar-refractivity contribution is 6.06. The van der Waals surface area contributed by atoms with E-state index in [1.807, 2.05) is 12.1 Å². The SMILES string of the molecule is N[C@H]1CCCN(C(=O)c2c[nH]c(=O)c3ccccc23)C1. The minimum absolute atomic E-state index is 0.0433. The summed E-state index contributed by atoms with van der Waals surface area (Å²) in [4.78, 5) is 28.8. The number of nitrogens with two attached hydrogens (primary N) is 1. The fourth-order valence-corrected chi connectivity index (χ4v) is 2.75. The van der Waals surface area contributed by atoms with Gasteiger partial charge in [0, 0.05) is 36.1 Å². The van der Waals surface area contributed by atoms with Gasteiger partial charge in [0.2, 0.25) is 0 Å². The van der Waals surface area contributed by atoms with Crippen LogP contribution in [-0.2, 0) is 0 Å². The number of nitrogens with one attached hydrogen (secondary N) is 1. The summed E-state index contributed by atoms with van der Waals surface area (Å²) in [6.45, 7) is 1.30. The van der Waals surface area contributed by atoms with E-state index in [9.17, 15) is 9.59 Å². The molecule has 1 amide bonds. The predicted octanol–water partition coefficient (Wildman–Crippen LogP) is 1.09. The molecule has 0 bridgehead atoms. The molecule has 3 N–H and O–H groups in total. The van der Waals surface area contributed by atoms with E-state index in [1.165, 1.54) is 6.20 Å². The first-order valence-corrected chi connectivity index (χ1v) is 6.82. The highest BCUT2D eigenvalue weighted by atomic mass is 16.2. The quantitative estimate of drug-likeness (QED) is 0.815. The predicted molar refractivity (Wildman–Crippen MR) is 77.7 cm³/mol. The number of piperidine rings is 1. The monoisotopic (exact) mass is 271 g/mol. The number of carbonyl (C=O) groups excluding carboxylic acids is 1. The molecule has 0 saturated carbocycles. The van der Waals surface area contributed by atoms with Crippen LogP contribution in [0.1, 0.15) is 23.2 Å². The van der Waals surface area contributed by atoms with E-state index in [1.54, 1.807) is 17.0 Å². The van der Waals surface area contributed by atoms with Crippen molar-refractivity contribution in [1.82, 2.24) is 9.88 Å². The molecule has 1 fully saturated rings. The van der Waals surface area contributed by atoms with Crippen molar-refractivity contribution in [1.29, 1.82) is 0 Å².